The highest BCUT2D eigenvalue weighted by Crippen LogP contribution is 2.01. The second-order valence-corrected chi connectivity index (χ2v) is 4.12. The first-order chi connectivity index (χ1) is 8.73. The number of amides is 4. The Balaban J connectivity index is 4.22. The van der Waals surface area contributed by atoms with Gasteiger partial charge in [0.1, 0.15) is 12.6 Å². The average Bonchev–Trinajstić information content (AvgIpc) is 2.29. The number of hydrogen-bond acceptors (Lipinski definition) is 4. The van der Waals surface area contributed by atoms with Crippen LogP contribution in [0.15, 0.2) is 0 Å². The van der Waals surface area contributed by atoms with Gasteiger partial charge < -0.3 is 26.8 Å². The Hall–Kier alpha value is -2.32. The van der Waals surface area contributed by atoms with E-state index >= 15 is 0 Å². The maximum Gasteiger partial charge on any atom is 0.322 e. The molecule has 4 amide bonds. The van der Waals surface area contributed by atoms with Gasteiger partial charge in [0.25, 0.3) is 0 Å². The molecule has 0 aromatic rings. The van der Waals surface area contributed by atoms with E-state index in [9.17, 15) is 19.2 Å². The predicted molar refractivity (Wildman–Crippen MR) is 65.0 cm³/mol. The molecule has 1 atom stereocenters. The van der Waals surface area contributed by atoms with Crippen LogP contribution in [0.2, 0.25) is 0 Å². The average molecular weight is 274 g/mol. The number of rotatable bonds is 7. The van der Waals surface area contributed by atoms with E-state index in [0.29, 0.717) is 0 Å². The number of nitrogens with one attached hydrogen (secondary N) is 3. The number of carboxylic acid groups (broad SMARTS) is 1. The first-order valence-electron chi connectivity index (χ1n) is 5.56. The van der Waals surface area contributed by atoms with Crippen LogP contribution in [0.4, 0.5) is 4.79 Å². The van der Waals surface area contributed by atoms with E-state index in [0.717, 1.165) is 0 Å². The Kier molecular flexibility index (Phi) is 6.94. The van der Waals surface area contributed by atoms with E-state index in [-0.39, 0.29) is 12.5 Å². The summed E-state index contributed by atoms with van der Waals surface area (Å²) in [7, 11) is 0. The zero-order valence-electron chi connectivity index (χ0n) is 10.7. The van der Waals surface area contributed by atoms with Crippen LogP contribution in [0.3, 0.4) is 0 Å². The Labute approximate surface area is 109 Å². The Morgan fingerprint density at radius 2 is 1.68 bits per heavy atom. The number of hydrogen-bond donors (Lipinski definition) is 5. The summed E-state index contributed by atoms with van der Waals surface area (Å²) < 4.78 is 0. The number of carboxylic acids is 1. The summed E-state index contributed by atoms with van der Waals surface area (Å²) in [6, 6.07) is -1.70. The minimum atomic E-state index is -1.19. The molecule has 0 radical (unpaired) electrons. The van der Waals surface area contributed by atoms with Gasteiger partial charge in [0, 0.05) is 0 Å². The zero-order valence-corrected chi connectivity index (χ0v) is 10.7. The van der Waals surface area contributed by atoms with E-state index in [1.807, 2.05) is 0 Å². The van der Waals surface area contributed by atoms with Crippen molar-refractivity contribution in [3.8, 4) is 0 Å². The van der Waals surface area contributed by atoms with Crippen molar-refractivity contribution in [1.82, 2.24) is 16.0 Å². The molecule has 0 saturated carbocycles. The van der Waals surface area contributed by atoms with E-state index < -0.39 is 36.4 Å². The molecule has 0 aliphatic carbocycles. The third kappa shape index (κ3) is 7.58. The van der Waals surface area contributed by atoms with Gasteiger partial charge >= 0.3 is 12.0 Å². The van der Waals surface area contributed by atoms with Gasteiger partial charge in [-0.1, -0.05) is 13.8 Å². The fraction of sp³-hybridized carbons (Fsp3) is 0.600. The summed E-state index contributed by atoms with van der Waals surface area (Å²) >= 11 is 0. The molecule has 0 aromatic heterocycles. The van der Waals surface area contributed by atoms with Crippen LogP contribution < -0.4 is 21.7 Å². The first-order valence-corrected chi connectivity index (χ1v) is 5.56. The Bertz CT molecular complexity index is 369. The molecule has 6 N–H and O–H groups in total. The van der Waals surface area contributed by atoms with Crippen molar-refractivity contribution in [1.29, 1.82) is 0 Å². The summed E-state index contributed by atoms with van der Waals surface area (Å²) in [6.45, 7) is 2.49. The van der Waals surface area contributed by atoms with E-state index in [1.54, 1.807) is 13.8 Å². The van der Waals surface area contributed by atoms with Crippen molar-refractivity contribution in [3.63, 3.8) is 0 Å². The number of nitrogens with two attached hydrogens (primary N) is 1. The number of primary amides is 1. The van der Waals surface area contributed by atoms with E-state index in [1.165, 1.54) is 0 Å². The third-order valence-electron chi connectivity index (χ3n) is 2.11. The SMILES string of the molecule is CC(C)C(NC(N)=O)C(=O)NCC(=O)NCC(=O)O. The largest absolute Gasteiger partial charge is 0.480 e. The van der Waals surface area contributed by atoms with E-state index in [4.69, 9.17) is 10.8 Å². The molecule has 19 heavy (non-hydrogen) atoms. The summed E-state index contributed by atoms with van der Waals surface area (Å²) in [6.07, 6.45) is 0. The number of carbonyl (C=O) groups is 4. The molecule has 0 saturated heterocycles. The standard InChI is InChI=1S/C10H18N4O5/c1-5(2)8(14-10(11)19)9(18)13-3-6(15)12-4-7(16)17/h5,8H,3-4H2,1-2H3,(H,12,15)(H,13,18)(H,16,17)(H3,11,14,19). The second kappa shape index (κ2) is 7.90. The minimum absolute atomic E-state index is 0.213. The lowest BCUT2D eigenvalue weighted by atomic mass is 10.0. The fourth-order valence-corrected chi connectivity index (χ4v) is 1.20. The lowest BCUT2D eigenvalue weighted by Crippen LogP contribution is -2.52. The summed E-state index contributed by atoms with van der Waals surface area (Å²) in [4.78, 5) is 43.8. The molecular weight excluding hydrogens is 256 g/mol. The molecule has 9 heteroatoms. The molecule has 0 spiro atoms. The van der Waals surface area contributed by atoms with Crippen molar-refractivity contribution in [2.24, 2.45) is 11.7 Å². The highest BCUT2D eigenvalue weighted by Gasteiger charge is 2.23. The van der Waals surface area contributed by atoms with Gasteiger partial charge in [-0.25, -0.2) is 4.79 Å². The van der Waals surface area contributed by atoms with Crippen LogP contribution in [0.25, 0.3) is 0 Å². The van der Waals surface area contributed by atoms with Crippen LogP contribution in [0, 0.1) is 5.92 Å². The van der Waals surface area contributed by atoms with Crippen LogP contribution in [-0.4, -0.2) is 48.1 Å². The van der Waals surface area contributed by atoms with Gasteiger partial charge in [0.15, 0.2) is 0 Å². The number of urea groups is 1. The number of aliphatic carboxylic acids is 1. The lowest BCUT2D eigenvalue weighted by Gasteiger charge is -2.20. The maximum atomic E-state index is 11.7. The smallest absolute Gasteiger partial charge is 0.322 e. The summed E-state index contributed by atoms with van der Waals surface area (Å²) in [5, 5.41) is 15.0. The molecule has 0 aliphatic heterocycles. The maximum absolute atomic E-state index is 11.7. The first kappa shape index (κ1) is 16.7. The lowest BCUT2D eigenvalue weighted by molar-refractivity contribution is -0.137. The molecular formula is C10H18N4O5. The zero-order chi connectivity index (χ0) is 15.0. The summed E-state index contributed by atoms with van der Waals surface area (Å²) in [5.41, 5.74) is 4.93. The monoisotopic (exact) mass is 274 g/mol. The molecule has 0 rings (SSSR count). The van der Waals surface area contributed by atoms with Gasteiger partial charge in [-0.2, -0.15) is 0 Å². The highest BCUT2D eigenvalue weighted by molar-refractivity contribution is 5.90. The molecule has 1 unspecified atom stereocenters. The quantitative estimate of drug-likeness (QED) is 0.363. The molecule has 0 heterocycles. The van der Waals surface area contributed by atoms with Crippen LogP contribution in [0.1, 0.15) is 13.8 Å². The van der Waals surface area contributed by atoms with Gasteiger partial charge in [0.05, 0.1) is 6.54 Å². The van der Waals surface area contributed by atoms with Crippen molar-refractivity contribution < 1.29 is 24.3 Å². The molecule has 0 aromatic carbocycles. The predicted octanol–water partition coefficient (Wildman–Crippen LogP) is -2.00. The minimum Gasteiger partial charge on any atom is -0.480 e. The van der Waals surface area contributed by atoms with Gasteiger partial charge in [-0.05, 0) is 5.92 Å². The topological polar surface area (TPSA) is 151 Å². The van der Waals surface area contributed by atoms with Crippen molar-refractivity contribution >= 4 is 23.8 Å². The van der Waals surface area contributed by atoms with E-state index in [2.05, 4.69) is 16.0 Å². The molecule has 108 valence electrons. The van der Waals surface area contributed by atoms with Gasteiger partial charge in [-0.15, -0.1) is 0 Å². The van der Waals surface area contributed by atoms with Crippen LogP contribution in [0.5, 0.6) is 0 Å². The molecule has 9 nitrogen and oxygen atoms in total. The normalized spacial score (nSPS) is 11.5. The summed E-state index contributed by atoms with van der Waals surface area (Å²) in [5.74, 6) is -2.61. The van der Waals surface area contributed by atoms with Crippen molar-refractivity contribution in [2.45, 2.75) is 19.9 Å². The number of carbonyl (C=O) groups excluding carboxylic acids is 3. The van der Waals surface area contributed by atoms with Crippen LogP contribution in [-0.2, 0) is 14.4 Å². The highest BCUT2D eigenvalue weighted by atomic mass is 16.4. The van der Waals surface area contributed by atoms with Crippen LogP contribution >= 0.6 is 0 Å². The van der Waals surface area contributed by atoms with Crippen molar-refractivity contribution in [3.05, 3.63) is 0 Å². The Morgan fingerprint density at radius 3 is 2.11 bits per heavy atom. The fourth-order valence-electron chi connectivity index (χ4n) is 1.20. The molecule has 0 fully saturated rings. The Morgan fingerprint density at radius 1 is 1.11 bits per heavy atom. The third-order valence-corrected chi connectivity index (χ3v) is 2.11. The van der Waals surface area contributed by atoms with Gasteiger partial charge in [0.2, 0.25) is 11.8 Å². The second-order valence-electron chi connectivity index (χ2n) is 4.12. The molecule has 0 bridgehead atoms. The van der Waals surface area contributed by atoms with Gasteiger partial charge in [-0.3, -0.25) is 14.4 Å². The van der Waals surface area contributed by atoms with Crippen molar-refractivity contribution in [2.75, 3.05) is 13.1 Å². The molecule has 0 aliphatic rings.